The third-order valence-corrected chi connectivity index (χ3v) is 5.88. The molecule has 7 heteroatoms. The first-order chi connectivity index (χ1) is 12.9. The average Bonchev–Trinajstić information content (AvgIpc) is 3.16. The van der Waals surface area contributed by atoms with Gasteiger partial charge in [0.05, 0.1) is 18.0 Å². The van der Waals surface area contributed by atoms with Crippen molar-refractivity contribution < 1.29 is 17.9 Å². The minimum Gasteiger partial charge on any atom is -0.497 e. The maximum absolute atomic E-state index is 12.7. The van der Waals surface area contributed by atoms with Gasteiger partial charge in [-0.05, 0) is 54.7 Å². The van der Waals surface area contributed by atoms with Crippen LogP contribution in [0.3, 0.4) is 0 Å². The molecule has 0 aliphatic carbocycles. The summed E-state index contributed by atoms with van der Waals surface area (Å²) < 4.78 is 27.8. The Morgan fingerprint density at radius 2 is 1.81 bits per heavy atom. The summed E-state index contributed by atoms with van der Waals surface area (Å²) in [5.41, 5.74) is 2.04. The highest BCUT2D eigenvalue weighted by molar-refractivity contribution is 7.89. The molecule has 144 valence electrons. The van der Waals surface area contributed by atoms with Crippen LogP contribution in [-0.2, 0) is 21.2 Å². The van der Waals surface area contributed by atoms with Crippen LogP contribution in [0.25, 0.3) is 0 Å². The number of likely N-dealkylation sites (tertiary alicyclic amines) is 1. The van der Waals surface area contributed by atoms with Crippen molar-refractivity contribution in [2.45, 2.75) is 36.6 Å². The Balaban J connectivity index is 1.62. The minimum absolute atomic E-state index is 0.0803. The molecule has 2 N–H and O–H groups in total. The number of hydrogen-bond acceptors (Lipinski definition) is 4. The molecule has 0 saturated carbocycles. The molecule has 2 aromatic rings. The molecular weight excluding hydrogens is 364 g/mol. The monoisotopic (exact) mass is 388 g/mol. The fourth-order valence-electron chi connectivity index (χ4n) is 3.48. The number of carbonyl (C=O) groups is 1. The highest BCUT2D eigenvalue weighted by atomic mass is 32.2. The Kier molecular flexibility index (Phi) is 5.82. The number of methoxy groups -OCH3 is 1. The van der Waals surface area contributed by atoms with Crippen LogP contribution in [0.5, 0.6) is 5.75 Å². The third kappa shape index (κ3) is 4.67. The number of nitrogens with two attached hydrogens (primary N) is 1. The van der Waals surface area contributed by atoms with Crippen molar-refractivity contribution in [2.24, 2.45) is 5.14 Å². The van der Waals surface area contributed by atoms with E-state index in [4.69, 9.17) is 9.88 Å². The van der Waals surface area contributed by atoms with E-state index in [0.717, 1.165) is 36.3 Å². The highest BCUT2D eigenvalue weighted by Crippen LogP contribution is 2.33. The van der Waals surface area contributed by atoms with Gasteiger partial charge in [0.2, 0.25) is 15.9 Å². The fraction of sp³-hybridized carbons (Fsp3) is 0.350. The number of sulfonamides is 1. The SMILES string of the molecule is COc1ccc(C2CCCN2C(=O)CCc2ccc(S(N)(=O)=O)cc2)cc1. The summed E-state index contributed by atoms with van der Waals surface area (Å²) in [6.07, 6.45) is 2.91. The summed E-state index contributed by atoms with van der Waals surface area (Å²) in [6.45, 7) is 0.764. The lowest BCUT2D eigenvalue weighted by molar-refractivity contribution is -0.132. The standard InChI is InChI=1S/C20H24N2O4S/c1-26-17-9-7-16(8-10-17)19-3-2-14-22(19)20(23)13-6-15-4-11-18(12-5-15)27(21,24)25/h4-5,7-12,19H,2-3,6,13-14H2,1H3,(H2,21,24,25). The van der Waals surface area contributed by atoms with E-state index in [1.165, 1.54) is 12.1 Å². The van der Waals surface area contributed by atoms with Gasteiger partial charge in [-0.15, -0.1) is 0 Å². The summed E-state index contributed by atoms with van der Waals surface area (Å²) in [6, 6.07) is 14.3. The summed E-state index contributed by atoms with van der Waals surface area (Å²) >= 11 is 0. The molecule has 2 aromatic carbocycles. The quantitative estimate of drug-likeness (QED) is 0.824. The Labute approximate surface area is 160 Å². The lowest BCUT2D eigenvalue weighted by atomic mass is 10.0. The zero-order valence-electron chi connectivity index (χ0n) is 15.3. The van der Waals surface area contributed by atoms with Crippen LogP contribution >= 0.6 is 0 Å². The second-order valence-corrected chi connectivity index (χ2v) is 8.27. The second kappa shape index (κ2) is 8.10. The Morgan fingerprint density at radius 3 is 2.41 bits per heavy atom. The normalized spacial score (nSPS) is 17.1. The van der Waals surface area contributed by atoms with Crippen molar-refractivity contribution in [3.63, 3.8) is 0 Å². The topological polar surface area (TPSA) is 89.7 Å². The van der Waals surface area contributed by atoms with Gasteiger partial charge in [0.1, 0.15) is 5.75 Å². The predicted molar refractivity (Wildman–Crippen MR) is 103 cm³/mol. The van der Waals surface area contributed by atoms with Gasteiger partial charge in [-0.1, -0.05) is 24.3 Å². The van der Waals surface area contributed by atoms with Crippen LogP contribution in [-0.4, -0.2) is 32.9 Å². The smallest absolute Gasteiger partial charge is 0.238 e. The largest absolute Gasteiger partial charge is 0.497 e. The van der Waals surface area contributed by atoms with E-state index in [9.17, 15) is 13.2 Å². The van der Waals surface area contributed by atoms with Gasteiger partial charge in [0, 0.05) is 13.0 Å². The van der Waals surface area contributed by atoms with Gasteiger partial charge in [0.15, 0.2) is 0 Å². The number of carbonyl (C=O) groups excluding carboxylic acids is 1. The van der Waals surface area contributed by atoms with Crippen LogP contribution in [0, 0.1) is 0 Å². The molecule has 1 atom stereocenters. The molecule has 6 nitrogen and oxygen atoms in total. The Hall–Kier alpha value is -2.38. The Bertz CT molecular complexity index is 893. The molecule has 1 amide bonds. The molecule has 3 rings (SSSR count). The molecular formula is C20H24N2O4S. The van der Waals surface area contributed by atoms with E-state index in [1.807, 2.05) is 29.2 Å². The number of primary sulfonamides is 1. The van der Waals surface area contributed by atoms with Crippen molar-refractivity contribution in [3.8, 4) is 5.75 Å². The Morgan fingerprint density at radius 1 is 1.15 bits per heavy atom. The van der Waals surface area contributed by atoms with Crippen molar-refractivity contribution in [3.05, 3.63) is 59.7 Å². The first-order valence-electron chi connectivity index (χ1n) is 8.93. The van der Waals surface area contributed by atoms with Crippen molar-refractivity contribution in [1.29, 1.82) is 0 Å². The van der Waals surface area contributed by atoms with Gasteiger partial charge >= 0.3 is 0 Å². The third-order valence-electron chi connectivity index (χ3n) is 4.95. The molecule has 1 aliphatic rings. The first kappa shape index (κ1) is 19.4. The van der Waals surface area contributed by atoms with E-state index < -0.39 is 10.0 Å². The average molecular weight is 388 g/mol. The lowest BCUT2D eigenvalue weighted by Crippen LogP contribution is -2.30. The van der Waals surface area contributed by atoms with E-state index in [-0.39, 0.29) is 16.8 Å². The molecule has 1 unspecified atom stereocenters. The number of benzene rings is 2. The summed E-state index contributed by atoms with van der Waals surface area (Å²) in [5.74, 6) is 0.918. The number of rotatable bonds is 6. The van der Waals surface area contributed by atoms with Gasteiger partial charge in [0.25, 0.3) is 0 Å². The molecule has 0 aromatic heterocycles. The van der Waals surface area contributed by atoms with E-state index >= 15 is 0 Å². The van der Waals surface area contributed by atoms with Crippen LogP contribution in [0.15, 0.2) is 53.4 Å². The maximum atomic E-state index is 12.7. The minimum atomic E-state index is -3.69. The van der Waals surface area contributed by atoms with Crippen molar-refractivity contribution in [1.82, 2.24) is 4.90 Å². The zero-order valence-corrected chi connectivity index (χ0v) is 16.1. The predicted octanol–water partition coefficient (Wildman–Crippen LogP) is 2.64. The zero-order chi connectivity index (χ0) is 19.4. The maximum Gasteiger partial charge on any atom is 0.238 e. The molecule has 0 bridgehead atoms. The van der Waals surface area contributed by atoms with Crippen LogP contribution < -0.4 is 9.88 Å². The molecule has 1 saturated heterocycles. The van der Waals surface area contributed by atoms with E-state index in [1.54, 1.807) is 19.2 Å². The highest BCUT2D eigenvalue weighted by Gasteiger charge is 2.29. The van der Waals surface area contributed by atoms with Crippen LogP contribution in [0.4, 0.5) is 0 Å². The summed E-state index contributed by atoms with van der Waals surface area (Å²) in [5, 5.41) is 5.10. The fourth-order valence-corrected chi connectivity index (χ4v) is 3.99. The second-order valence-electron chi connectivity index (χ2n) is 6.71. The van der Waals surface area contributed by atoms with Gasteiger partial charge < -0.3 is 9.64 Å². The molecule has 0 radical (unpaired) electrons. The molecule has 0 spiro atoms. The molecule has 27 heavy (non-hydrogen) atoms. The molecule has 1 heterocycles. The van der Waals surface area contributed by atoms with Gasteiger partial charge in [-0.3, -0.25) is 4.79 Å². The summed E-state index contributed by atoms with van der Waals surface area (Å²) in [4.78, 5) is 14.8. The van der Waals surface area contributed by atoms with E-state index in [0.29, 0.717) is 12.8 Å². The summed E-state index contributed by atoms with van der Waals surface area (Å²) in [7, 11) is -2.06. The number of nitrogens with zero attached hydrogens (tertiary/aromatic N) is 1. The van der Waals surface area contributed by atoms with Gasteiger partial charge in [-0.2, -0.15) is 0 Å². The number of aryl methyl sites for hydroxylation is 1. The number of amides is 1. The lowest BCUT2D eigenvalue weighted by Gasteiger charge is -2.25. The van der Waals surface area contributed by atoms with Crippen LogP contribution in [0.1, 0.15) is 36.4 Å². The van der Waals surface area contributed by atoms with E-state index in [2.05, 4.69) is 0 Å². The van der Waals surface area contributed by atoms with Crippen molar-refractivity contribution >= 4 is 15.9 Å². The van der Waals surface area contributed by atoms with Gasteiger partial charge in [-0.25, -0.2) is 13.6 Å². The number of ether oxygens (including phenoxy) is 1. The number of hydrogen-bond donors (Lipinski definition) is 1. The molecule has 1 aliphatic heterocycles. The van der Waals surface area contributed by atoms with Crippen LogP contribution in [0.2, 0.25) is 0 Å². The van der Waals surface area contributed by atoms with Crippen molar-refractivity contribution in [2.75, 3.05) is 13.7 Å². The first-order valence-corrected chi connectivity index (χ1v) is 10.5. The molecule has 1 fully saturated rings.